The Hall–Kier alpha value is -2.81. The monoisotopic (exact) mass is 334 g/mol. The molecule has 0 aliphatic heterocycles. The van der Waals surface area contributed by atoms with Gasteiger partial charge in [0, 0.05) is 41.7 Å². The highest BCUT2D eigenvalue weighted by Gasteiger charge is 2.13. The van der Waals surface area contributed by atoms with E-state index in [1.807, 2.05) is 0 Å². The van der Waals surface area contributed by atoms with Gasteiger partial charge in [-0.3, -0.25) is 19.7 Å². The zero-order valence-electron chi connectivity index (χ0n) is 12.2. The maximum atomic E-state index is 11.8. The summed E-state index contributed by atoms with van der Waals surface area (Å²) in [6.07, 6.45) is 1.54. The summed E-state index contributed by atoms with van der Waals surface area (Å²) in [6, 6.07) is 4.43. The summed E-state index contributed by atoms with van der Waals surface area (Å²) < 4.78 is 0. The summed E-state index contributed by atoms with van der Waals surface area (Å²) in [4.78, 5) is 37.7. The van der Waals surface area contributed by atoms with Crippen LogP contribution in [0.2, 0.25) is 0 Å². The van der Waals surface area contributed by atoms with Gasteiger partial charge in [-0.2, -0.15) is 0 Å². The minimum Gasteiger partial charge on any atom is -0.326 e. The van der Waals surface area contributed by atoms with E-state index < -0.39 is 10.8 Å². The molecule has 0 saturated heterocycles. The number of anilines is 2. The van der Waals surface area contributed by atoms with E-state index in [1.54, 1.807) is 30.6 Å². The Bertz CT molecular complexity index is 730. The lowest BCUT2D eigenvalue weighted by molar-refractivity contribution is -0.385. The molecule has 1 heterocycles. The largest absolute Gasteiger partial charge is 0.326 e. The molecular weight excluding hydrogens is 320 g/mol. The molecule has 2 aromatic rings. The number of nitro benzene ring substituents is 1. The van der Waals surface area contributed by atoms with E-state index in [2.05, 4.69) is 15.6 Å². The Labute approximate surface area is 135 Å². The maximum absolute atomic E-state index is 11.8. The molecule has 0 bridgehead atoms. The lowest BCUT2D eigenvalue weighted by Gasteiger charge is -2.06. The van der Waals surface area contributed by atoms with Gasteiger partial charge in [0.05, 0.1) is 4.92 Å². The summed E-state index contributed by atoms with van der Waals surface area (Å²) in [5.41, 5.74) is 0.771. The van der Waals surface area contributed by atoms with Crippen molar-refractivity contribution >= 4 is 39.7 Å². The average molecular weight is 334 g/mol. The quantitative estimate of drug-likeness (QED) is 0.622. The van der Waals surface area contributed by atoms with Crippen LogP contribution in [0.25, 0.3) is 0 Å². The van der Waals surface area contributed by atoms with Crippen LogP contribution in [0, 0.1) is 17.0 Å². The van der Waals surface area contributed by atoms with Gasteiger partial charge in [0.15, 0.2) is 5.13 Å². The Morgan fingerprint density at radius 3 is 2.57 bits per heavy atom. The van der Waals surface area contributed by atoms with Gasteiger partial charge in [0.1, 0.15) is 0 Å². The van der Waals surface area contributed by atoms with Crippen LogP contribution in [0.4, 0.5) is 16.5 Å². The highest BCUT2D eigenvalue weighted by molar-refractivity contribution is 7.13. The summed E-state index contributed by atoms with van der Waals surface area (Å²) in [6.45, 7) is 1.62. The Morgan fingerprint density at radius 2 is 1.96 bits per heavy atom. The number of aromatic nitrogens is 1. The van der Waals surface area contributed by atoms with Gasteiger partial charge in [-0.15, -0.1) is 11.3 Å². The van der Waals surface area contributed by atoms with Crippen LogP contribution < -0.4 is 10.6 Å². The first-order valence-electron chi connectivity index (χ1n) is 6.70. The molecule has 0 unspecified atom stereocenters. The maximum Gasteiger partial charge on any atom is 0.274 e. The average Bonchev–Trinajstić information content (AvgIpc) is 3.00. The number of thiazole rings is 1. The predicted octanol–water partition coefficient (Wildman–Crippen LogP) is 2.72. The van der Waals surface area contributed by atoms with Crippen LogP contribution in [0.15, 0.2) is 29.8 Å². The van der Waals surface area contributed by atoms with Gasteiger partial charge in [-0.05, 0) is 13.0 Å². The minimum absolute atomic E-state index is 0.000627. The van der Waals surface area contributed by atoms with Crippen molar-refractivity contribution in [2.75, 3.05) is 10.6 Å². The van der Waals surface area contributed by atoms with Crippen molar-refractivity contribution in [1.29, 1.82) is 0 Å². The second kappa shape index (κ2) is 7.45. The van der Waals surface area contributed by atoms with E-state index in [9.17, 15) is 19.7 Å². The van der Waals surface area contributed by atoms with Crippen molar-refractivity contribution in [3.63, 3.8) is 0 Å². The van der Waals surface area contributed by atoms with E-state index in [0.29, 0.717) is 16.4 Å². The number of benzene rings is 1. The zero-order chi connectivity index (χ0) is 16.8. The van der Waals surface area contributed by atoms with Crippen LogP contribution >= 0.6 is 11.3 Å². The van der Waals surface area contributed by atoms with Crippen LogP contribution in [0.5, 0.6) is 0 Å². The molecule has 1 aromatic heterocycles. The first kappa shape index (κ1) is 16.6. The van der Waals surface area contributed by atoms with Crippen molar-refractivity contribution in [3.8, 4) is 0 Å². The molecule has 2 N–H and O–H groups in total. The van der Waals surface area contributed by atoms with Gasteiger partial charge in [0.2, 0.25) is 11.8 Å². The van der Waals surface area contributed by atoms with Gasteiger partial charge in [0.25, 0.3) is 5.69 Å². The van der Waals surface area contributed by atoms with Crippen molar-refractivity contribution < 1.29 is 14.5 Å². The number of nitrogens with zero attached hydrogens (tertiary/aromatic N) is 2. The fourth-order valence-electron chi connectivity index (χ4n) is 1.80. The first-order valence-corrected chi connectivity index (χ1v) is 7.58. The molecule has 2 rings (SSSR count). The summed E-state index contributed by atoms with van der Waals surface area (Å²) >= 11 is 1.29. The fourth-order valence-corrected chi connectivity index (χ4v) is 2.35. The SMILES string of the molecule is Cc1ccc(NC(=O)CCC(=O)Nc2nccs2)cc1[N+](=O)[O-]. The Morgan fingerprint density at radius 1 is 1.26 bits per heavy atom. The van der Waals surface area contributed by atoms with Crippen LogP contribution in [0.3, 0.4) is 0 Å². The van der Waals surface area contributed by atoms with E-state index in [4.69, 9.17) is 0 Å². The number of nitro groups is 1. The summed E-state index contributed by atoms with van der Waals surface area (Å²) in [5, 5.41) is 18.2. The second-order valence-corrected chi connectivity index (χ2v) is 5.59. The number of aryl methyl sites for hydroxylation is 1. The molecule has 9 heteroatoms. The molecule has 23 heavy (non-hydrogen) atoms. The van der Waals surface area contributed by atoms with Crippen LogP contribution in [0.1, 0.15) is 18.4 Å². The lowest BCUT2D eigenvalue weighted by atomic mass is 10.2. The van der Waals surface area contributed by atoms with Gasteiger partial charge in [-0.25, -0.2) is 4.98 Å². The molecule has 2 amide bonds. The topological polar surface area (TPSA) is 114 Å². The normalized spacial score (nSPS) is 10.1. The minimum atomic E-state index is -0.507. The third-order valence-electron chi connectivity index (χ3n) is 2.95. The molecule has 8 nitrogen and oxygen atoms in total. The smallest absolute Gasteiger partial charge is 0.274 e. The second-order valence-electron chi connectivity index (χ2n) is 4.69. The summed E-state index contributed by atoms with van der Waals surface area (Å²) in [5.74, 6) is -0.706. The van der Waals surface area contributed by atoms with Crippen LogP contribution in [-0.2, 0) is 9.59 Å². The molecule has 0 aliphatic rings. The third kappa shape index (κ3) is 4.85. The van der Waals surface area contributed by atoms with Crippen molar-refractivity contribution in [2.45, 2.75) is 19.8 Å². The first-order chi connectivity index (χ1) is 11.0. The van der Waals surface area contributed by atoms with Gasteiger partial charge < -0.3 is 10.6 Å². The number of rotatable bonds is 6. The fraction of sp³-hybridized carbons (Fsp3) is 0.214. The number of carbonyl (C=O) groups is 2. The molecule has 0 aliphatic carbocycles. The lowest BCUT2D eigenvalue weighted by Crippen LogP contribution is -2.17. The third-order valence-corrected chi connectivity index (χ3v) is 3.64. The molecule has 0 spiro atoms. The number of amides is 2. The summed E-state index contributed by atoms with van der Waals surface area (Å²) in [7, 11) is 0. The number of hydrogen-bond donors (Lipinski definition) is 2. The molecule has 0 atom stereocenters. The Kier molecular flexibility index (Phi) is 5.36. The van der Waals surface area contributed by atoms with E-state index in [0.717, 1.165) is 0 Å². The molecule has 1 aromatic carbocycles. The van der Waals surface area contributed by atoms with E-state index in [-0.39, 0.29) is 24.4 Å². The number of nitrogens with one attached hydrogen (secondary N) is 2. The molecule has 0 saturated carbocycles. The number of hydrogen-bond acceptors (Lipinski definition) is 6. The van der Waals surface area contributed by atoms with Crippen molar-refractivity contribution in [1.82, 2.24) is 4.98 Å². The highest BCUT2D eigenvalue weighted by Crippen LogP contribution is 2.22. The van der Waals surface area contributed by atoms with E-state index in [1.165, 1.54) is 17.4 Å². The highest BCUT2D eigenvalue weighted by atomic mass is 32.1. The standard InChI is InChI=1S/C14H14N4O4S/c1-9-2-3-10(8-11(9)18(21)22)16-12(19)4-5-13(20)17-14-15-6-7-23-14/h2-3,6-8H,4-5H2,1H3,(H,16,19)(H,15,17,20). The zero-order valence-corrected chi connectivity index (χ0v) is 13.1. The number of carbonyl (C=O) groups excluding carboxylic acids is 2. The molecule has 0 fully saturated rings. The molecular formula is C14H14N4O4S. The molecule has 120 valence electrons. The van der Waals surface area contributed by atoms with Gasteiger partial charge in [-0.1, -0.05) is 6.07 Å². The van der Waals surface area contributed by atoms with Gasteiger partial charge >= 0.3 is 0 Å². The Balaban J connectivity index is 1.86. The van der Waals surface area contributed by atoms with Crippen molar-refractivity contribution in [3.05, 3.63) is 45.5 Å². The van der Waals surface area contributed by atoms with Crippen molar-refractivity contribution in [2.24, 2.45) is 0 Å². The predicted molar refractivity (Wildman–Crippen MR) is 86.4 cm³/mol. The van der Waals surface area contributed by atoms with E-state index >= 15 is 0 Å². The van der Waals surface area contributed by atoms with Crippen LogP contribution in [-0.4, -0.2) is 21.7 Å². The molecule has 0 radical (unpaired) electrons.